The average Bonchev–Trinajstić information content (AvgIpc) is 2.94. The van der Waals surface area contributed by atoms with Gasteiger partial charge in [0.15, 0.2) is 5.78 Å². The fraction of sp³-hybridized carbons (Fsp3) is 0.421. The van der Waals surface area contributed by atoms with Crippen LogP contribution < -0.4 is 0 Å². The van der Waals surface area contributed by atoms with E-state index in [1.165, 1.54) is 0 Å². The van der Waals surface area contributed by atoms with Crippen LogP contribution in [0.5, 0.6) is 0 Å². The first-order chi connectivity index (χ1) is 10.6. The molecule has 1 saturated carbocycles. The van der Waals surface area contributed by atoms with Crippen molar-refractivity contribution in [3.63, 3.8) is 0 Å². The molecule has 0 saturated heterocycles. The smallest absolute Gasteiger partial charge is 0.170 e. The summed E-state index contributed by atoms with van der Waals surface area (Å²) in [5.41, 5.74) is 2.99. The summed E-state index contributed by atoms with van der Waals surface area (Å²) in [5.74, 6) is 6.33. The molecule has 1 aromatic rings. The lowest BCUT2D eigenvalue weighted by Crippen LogP contribution is -2.22. The van der Waals surface area contributed by atoms with Gasteiger partial charge in [-0.1, -0.05) is 24.4 Å². The van der Waals surface area contributed by atoms with E-state index < -0.39 is 0 Å². The zero-order valence-electron chi connectivity index (χ0n) is 12.9. The molecule has 2 atom stereocenters. The minimum Gasteiger partial charge on any atom is -0.511 e. The maximum absolute atomic E-state index is 12.7. The van der Waals surface area contributed by atoms with Gasteiger partial charge in [-0.25, -0.2) is 0 Å². The van der Waals surface area contributed by atoms with Crippen LogP contribution in [0.15, 0.2) is 17.9 Å². The number of fused-ring (bicyclic) bond motifs is 2. The summed E-state index contributed by atoms with van der Waals surface area (Å²) in [4.78, 5) is 12.7. The van der Waals surface area contributed by atoms with Gasteiger partial charge in [-0.3, -0.25) is 4.79 Å². The van der Waals surface area contributed by atoms with Crippen molar-refractivity contribution in [1.82, 2.24) is 0 Å². The van der Waals surface area contributed by atoms with E-state index in [-0.39, 0.29) is 23.4 Å². The first-order valence-electron chi connectivity index (χ1n) is 7.79. The summed E-state index contributed by atoms with van der Waals surface area (Å²) in [6.07, 6.45) is 3.29. The van der Waals surface area contributed by atoms with Gasteiger partial charge in [-0.05, 0) is 50.3 Å². The van der Waals surface area contributed by atoms with Crippen molar-refractivity contribution in [2.75, 3.05) is 0 Å². The molecule has 2 aliphatic rings. The van der Waals surface area contributed by atoms with Gasteiger partial charge < -0.3 is 5.11 Å². The zero-order chi connectivity index (χ0) is 15.9. The molecule has 1 aromatic carbocycles. The Balaban J connectivity index is 2.21. The van der Waals surface area contributed by atoms with Crippen LogP contribution in [0.4, 0.5) is 0 Å². The molecule has 2 unspecified atom stereocenters. The lowest BCUT2D eigenvalue weighted by molar-refractivity contribution is -0.117. The second kappa shape index (κ2) is 5.82. The fourth-order valence-corrected chi connectivity index (χ4v) is 4.03. The molecule has 1 fully saturated rings. The summed E-state index contributed by atoms with van der Waals surface area (Å²) in [6, 6.07) is 3.76. The summed E-state index contributed by atoms with van der Waals surface area (Å²) in [5, 5.41) is 11.1. The largest absolute Gasteiger partial charge is 0.511 e. The number of aryl methyl sites for hydroxylation is 1. The maximum atomic E-state index is 12.7. The van der Waals surface area contributed by atoms with Crippen molar-refractivity contribution in [2.45, 2.75) is 39.5 Å². The number of aliphatic hydroxyl groups is 1. The average molecular weight is 315 g/mol. The lowest BCUT2D eigenvalue weighted by Gasteiger charge is -2.24. The standard InChI is InChI=1S/C19H19ClO2/c1-3-5-11-8-12(4-2)16(15(20)9-11)17-18(21)13-6-7-14(10-13)19(17)22/h8-9,13-14,21H,4,6-7,10H2,1-2H3. The van der Waals surface area contributed by atoms with E-state index in [2.05, 4.69) is 11.8 Å². The SMILES string of the molecule is CC#Cc1cc(Cl)c(C2=C(O)C3CCC(C3)C2=O)c(CC)c1. The number of allylic oxidation sites excluding steroid dienone is 2. The number of aliphatic hydroxyl groups excluding tert-OH is 1. The monoisotopic (exact) mass is 314 g/mol. The number of carbonyl (C=O) groups is 1. The van der Waals surface area contributed by atoms with Crippen LogP contribution in [0.2, 0.25) is 5.02 Å². The fourth-order valence-electron chi connectivity index (χ4n) is 3.69. The Labute approximate surface area is 136 Å². The molecule has 0 heterocycles. The molecule has 0 radical (unpaired) electrons. The van der Waals surface area contributed by atoms with Crippen molar-refractivity contribution in [3.05, 3.63) is 39.6 Å². The quantitative estimate of drug-likeness (QED) is 0.814. The molecule has 0 aromatic heterocycles. The Hall–Kier alpha value is -1.72. The summed E-state index contributed by atoms with van der Waals surface area (Å²) < 4.78 is 0. The molecule has 2 nitrogen and oxygen atoms in total. The van der Waals surface area contributed by atoms with Crippen LogP contribution in [0.25, 0.3) is 5.57 Å². The molecule has 2 aliphatic carbocycles. The first-order valence-corrected chi connectivity index (χ1v) is 8.17. The Morgan fingerprint density at radius 2 is 2.05 bits per heavy atom. The third kappa shape index (κ3) is 2.34. The van der Waals surface area contributed by atoms with Crippen LogP contribution in [0.1, 0.15) is 49.8 Å². The topological polar surface area (TPSA) is 37.3 Å². The predicted molar refractivity (Wildman–Crippen MR) is 88.8 cm³/mol. The van der Waals surface area contributed by atoms with Gasteiger partial charge in [0.25, 0.3) is 0 Å². The number of hydrogen-bond donors (Lipinski definition) is 1. The van der Waals surface area contributed by atoms with Gasteiger partial charge in [0.1, 0.15) is 5.76 Å². The van der Waals surface area contributed by atoms with E-state index in [1.807, 2.05) is 13.0 Å². The number of carbonyl (C=O) groups excluding carboxylic acids is 1. The lowest BCUT2D eigenvalue weighted by atomic mass is 9.81. The van der Waals surface area contributed by atoms with Crippen LogP contribution in [0, 0.1) is 23.7 Å². The highest BCUT2D eigenvalue weighted by Gasteiger charge is 2.42. The molecular weight excluding hydrogens is 296 g/mol. The van der Waals surface area contributed by atoms with Gasteiger partial charge in [0.05, 0.1) is 10.6 Å². The van der Waals surface area contributed by atoms with Crippen molar-refractivity contribution in [2.24, 2.45) is 11.8 Å². The number of ketones is 1. The van der Waals surface area contributed by atoms with E-state index in [0.29, 0.717) is 16.2 Å². The number of Topliss-reactive ketones (excluding diaryl/α,β-unsaturated/α-hetero) is 1. The minimum absolute atomic E-state index is 0.0479. The Kier molecular flexibility index (Phi) is 4.02. The molecule has 0 spiro atoms. The Bertz CT molecular complexity index is 734. The Morgan fingerprint density at radius 1 is 1.32 bits per heavy atom. The van der Waals surface area contributed by atoms with E-state index in [1.54, 1.807) is 13.0 Å². The third-order valence-corrected chi connectivity index (χ3v) is 5.06. The van der Waals surface area contributed by atoms with Gasteiger partial charge in [0, 0.05) is 23.0 Å². The molecule has 3 rings (SSSR count). The van der Waals surface area contributed by atoms with Gasteiger partial charge in [-0.15, -0.1) is 5.92 Å². The normalized spacial score (nSPS) is 23.5. The molecule has 0 amide bonds. The van der Waals surface area contributed by atoms with Crippen molar-refractivity contribution in [3.8, 4) is 11.8 Å². The van der Waals surface area contributed by atoms with Crippen LogP contribution in [-0.4, -0.2) is 10.9 Å². The van der Waals surface area contributed by atoms with Crippen molar-refractivity contribution < 1.29 is 9.90 Å². The highest BCUT2D eigenvalue weighted by Crippen LogP contribution is 2.47. The molecule has 2 bridgehead atoms. The molecule has 22 heavy (non-hydrogen) atoms. The molecule has 0 aliphatic heterocycles. The second-order valence-electron chi connectivity index (χ2n) is 6.05. The predicted octanol–water partition coefficient (Wildman–Crippen LogP) is 4.54. The van der Waals surface area contributed by atoms with Crippen molar-refractivity contribution in [1.29, 1.82) is 0 Å². The molecular formula is C19H19ClO2. The van der Waals surface area contributed by atoms with Crippen LogP contribution >= 0.6 is 11.6 Å². The second-order valence-corrected chi connectivity index (χ2v) is 6.46. The number of benzene rings is 1. The maximum Gasteiger partial charge on any atom is 0.170 e. The van der Waals surface area contributed by atoms with Crippen LogP contribution in [-0.2, 0) is 11.2 Å². The highest BCUT2D eigenvalue weighted by molar-refractivity contribution is 6.36. The number of hydrogen-bond acceptors (Lipinski definition) is 2. The molecule has 3 heteroatoms. The van der Waals surface area contributed by atoms with Gasteiger partial charge >= 0.3 is 0 Å². The zero-order valence-corrected chi connectivity index (χ0v) is 13.6. The van der Waals surface area contributed by atoms with E-state index in [0.717, 1.165) is 36.8 Å². The molecule has 1 N–H and O–H groups in total. The van der Waals surface area contributed by atoms with Crippen molar-refractivity contribution >= 4 is 23.0 Å². The van der Waals surface area contributed by atoms with E-state index in [9.17, 15) is 9.90 Å². The van der Waals surface area contributed by atoms with Gasteiger partial charge in [-0.2, -0.15) is 0 Å². The Morgan fingerprint density at radius 3 is 2.73 bits per heavy atom. The first kappa shape index (κ1) is 15.2. The summed E-state index contributed by atoms with van der Waals surface area (Å²) in [7, 11) is 0. The van der Waals surface area contributed by atoms with Crippen LogP contribution in [0.3, 0.4) is 0 Å². The third-order valence-electron chi connectivity index (χ3n) is 4.76. The highest BCUT2D eigenvalue weighted by atomic mass is 35.5. The summed E-state index contributed by atoms with van der Waals surface area (Å²) >= 11 is 6.46. The van der Waals surface area contributed by atoms with E-state index in [4.69, 9.17) is 11.6 Å². The number of rotatable bonds is 2. The minimum atomic E-state index is 0.0479. The van der Waals surface area contributed by atoms with Gasteiger partial charge in [0.2, 0.25) is 0 Å². The summed E-state index contributed by atoms with van der Waals surface area (Å²) in [6.45, 7) is 3.81. The number of halogens is 1. The molecule has 114 valence electrons. The van der Waals surface area contributed by atoms with E-state index >= 15 is 0 Å².